The van der Waals surface area contributed by atoms with E-state index in [0.29, 0.717) is 6.42 Å². The fourth-order valence-electron chi connectivity index (χ4n) is 1.70. The van der Waals surface area contributed by atoms with Gasteiger partial charge >= 0.3 is 12.1 Å². The first-order valence-corrected chi connectivity index (χ1v) is 5.73. The third kappa shape index (κ3) is 3.44. The van der Waals surface area contributed by atoms with E-state index in [9.17, 15) is 14.4 Å². The van der Waals surface area contributed by atoms with Gasteiger partial charge in [-0.05, 0) is 6.42 Å². The zero-order chi connectivity index (χ0) is 13.6. The maximum Gasteiger partial charge on any atom is 0.332 e. The maximum atomic E-state index is 11.7. The minimum Gasteiger partial charge on any atom is -0.350 e. The van der Waals surface area contributed by atoms with Crippen molar-refractivity contribution < 1.29 is 14.4 Å². The first-order chi connectivity index (χ1) is 8.50. The van der Waals surface area contributed by atoms with E-state index in [-0.39, 0.29) is 0 Å². The molecule has 0 spiro atoms. The van der Waals surface area contributed by atoms with Crippen molar-refractivity contribution in [3.63, 3.8) is 0 Å². The largest absolute Gasteiger partial charge is 0.350 e. The Bertz CT molecular complexity index is 382. The molecule has 0 aromatic heterocycles. The summed E-state index contributed by atoms with van der Waals surface area (Å²) in [5.41, 5.74) is 5.65. The van der Waals surface area contributed by atoms with Crippen LogP contribution in [0.1, 0.15) is 32.6 Å². The van der Waals surface area contributed by atoms with E-state index in [1.165, 1.54) is 6.21 Å². The molecule has 1 rings (SSSR count). The molecule has 5 amide bonds. The highest BCUT2D eigenvalue weighted by Gasteiger charge is 2.44. The molecule has 18 heavy (non-hydrogen) atoms. The van der Waals surface area contributed by atoms with Crippen LogP contribution in [0.5, 0.6) is 0 Å². The Kier molecular flexibility index (Phi) is 4.64. The Morgan fingerprint density at radius 1 is 1.50 bits per heavy atom. The van der Waals surface area contributed by atoms with Crippen molar-refractivity contribution in [3.8, 4) is 0 Å². The molecule has 1 aliphatic heterocycles. The number of primary amides is 1. The van der Waals surface area contributed by atoms with Crippen LogP contribution in [0.15, 0.2) is 5.10 Å². The van der Waals surface area contributed by atoms with Crippen LogP contribution < -0.4 is 21.8 Å². The van der Waals surface area contributed by atoms with E-state index in [1.54, 1.807) is 0 Å². The van der Waals surface area contributed by atoms with E-state index in [2.05, 4.69) is 15.7 Å². The number of hydrogen-bond acceptors (Lipinski definition) is 4. The number of unbranched alkanes of at least 4 members (excludes halogenated alkanes) is 2. The zero-order valence-corrected chi connectivity index (χ0v) is 10.2. The molecule has 1 aliphatic rings. The Morgan fingerprint density at radius 3 is 2.72 bits per heavy atom. The maximum absolute atomic E-state index is 11.7. The Hall–Kier alpha value is -2.12. The van der Waals surface area contributed by atoms with E-state index in [1.807, 2.05) is 12.3 Å². The van der Waals surface area contributed by atoms with Crippen molar-refractivity contribution in [2.75, 3.05) is 0 Å². The molecule has 0 unspecified atom stereocenters. The molecule has 5 N–H and O–H groups in total. The van der Waals surface area contributed by atoms with Crippen LogP contribution in [0.2, 0.25) is 0 Å². The average Bonchev–Trinajstić information content (AvgIpc) is 2.54. The monoisotopic (exact) mass is 255 g/mol. The van der Waals surface area contributed by atoms with Gasteiger partial charge < -0.3 is 11.1 Å². The van der Waals surface area contributed by atoms with Crippen molar-refractivity contribution in [1.82, 2.24) is 16.1 Å². The van der Waals surface area contributed by atoms with E-state index in [0.717, 1.165) is 19.3 Å². The van der Waals surface area contributed by atoms with Crippen molar-refractivity contribution in [2.24, 2.45) is 10.8 Å². The van der Waals surface area contributed by atoms with Gasteiger partial charge in [-0.25, -0.2) is 15.0 Å². The summed E-state index contributed by atoms with van der Waals surface area (Å²) in [7, 11) is 0. The number of nitrogens with two attached hydrogens (primary N) is 1. The molecule has 1 heterocycles. The fraction of sp³-hybridized carbons (Fsp3) is 0.600. The fourth-order valence-corrected chi connectivity index (χ4v) is 1.70. The molecule has 1 atom stereocenters. The van der Waals surface area contributed by atoms with E-state index in [4.69, 9.17) is 5.73 Å². The molecule has 0 aromatic carbocycles. The minimum absolute atomic E-state index is 0.419. The number of urea groups is 2. The van der Waals surface area contributed by atoms with Crippen molar-refractivity contribution in [3.05, 3.63) is 0 Å². The van der Waals surface area contributed by atoms with Crippen LogP contribution in [0, 0.1) is 0 Å². The predicted octanol–water partition coefficient (Wildman–Crippen LogP) is -0.201. The first kappa shape index (κ1) is 13.9. The molecule has 0 saturated carbocycles. The van der Waals surface area contributed by atoms with Gasteiger partial charge in [-0.2, -0.15) is 5.10 Å². The molecule has 100 valence electrons. The summed E-state index contributed by atoms with van der Waals surface area (Å²) in [6.45, 7) is 2.03. The van der Waals surface area contributed by atoms with Gasteiger partial charge in [0.1, 0.15) is 0 Å². The topological polar surface area (TPSA) is 126 Å². The third-order valence-electron chi connectivity index (χ3n) is 2.60. The molecule has 0 aromatic rings. The molecule has 1 fully saturated rings. The number of carbonyl (C=O) groups is 3. The lowest BCUT2D eigenvalue weighted by Crippen LogP contribution is -2.49. The zero-order valence-electron chi connectivity index (χ0n) is 10.2. The van der Waals surface area contributed by atoms with Crippen LogP contribution in [-0.4, -0.2) is 29.7 Å². The molecule has 8 heteroatoms. The summed E-state index contributed by atoms with van der Waals surface area (Å²) < 4.78 is 0. The number of amides is 5. The number of hydrazone groups is 1. The number of nitrogens with zero attached hydrogens (tertiary/aromatic N) is 1. The SMILES string of the molecule is CCCCC[C@]1(/C=N/NC(N)=O)NC(=O)NC1=O. The van der Waals surface area contributed by atoms with Crippen LogP contribution >= 0.6 is 0 Å². The second kappa shape index (κ2) is 5.99. The highest BCUT2D eigenvalue weighted by Crippen LogP contribution is 2.17. The summed E-state index contributed by atoms with van der Waals surface area (Å²) in [5, 5.41) is 8.22. The van der Waals surface area contributed by atoms with E-state index < -0.39 is 23.5 Å². The highest BCUT2D eigenvalue weighted by atomic mass is 16.2. The highest BCUT2D eigenvalue weighted by molar-refractivity contribution is 6.16. The molecule has 1 saturated heterocycles. The lowest BCUT2D eigenvalue weighted by Gasteiger charge is -2.20. The number of carbonyl (C=O) groups excluding carboxylic acids is 3. The van der Waals surface area contributed by atoms with Crippen molar-refractivity contribution in [1.29, 1.82) is 0 Å². The Labute approximate surface area is 104 Å². The van der Waals surface area contributed by atoms with Gasteiger partial charge in [-0.15, -0.1) is 0 Å². The Morgan fingerprint density at radius 2 is 2.22 bits per heavy atom. The van der Waals surface area contributed by atoms with Crippen molar-refractivity contribution >= 4 is 24.2 Å². The van der Waals surface area contributed by atoms with Gasteiger partial charge in [0.2, 0.25) is 0 Å². The van der Waals surface area contributed by atoms with Gasteiger partial charge in [0.05, 0.1) is 6.21 Å². The summed E-state index contributed by atoms with van der Waals surface area (Å²) in [6, 6.07) is -1.40. The average molecular weight is 255 g/mol. The van der Waals surface area contributed by atoms with Crippen LogP contribution in [-0.2, 0) is 4.79 Å². The van der Waals surface area contributed by atoms with Gasteiger partial charge in [0.15, 0.2) is 5.54 Å². The number of rotatable bonds is 6. The summed E-state index contributed by atoms with van der Waals surface area (Å²) in [5.74, 6) is -0.473. The lowest BCUT2D eigenvalue weighted by atomic mass is 9.94. The summed E-state index contributed by atoms with van der Waals surface area (Å²) in [4.78, 5) is 33.4. The smallest absolute Gasteiger partial charge is 0.332 e. The van der Waals surface area contributed by atoms with Crippen LogP contribution in [0.25, 0.3) is 0 Å². The number of nitrogens with one attached hydrogen (secondary N) is 3. The molecule has 0 bridgehead atoms. The molecule has 8 nitrogen and oxygen atoms in total. The van der Waals surface area contributed by atoms with Gasteiger partial charge in [-0.1, -0.05) is 26.2 Å². The second-order valence-electron chi connectivity index (χ2n) is 4.07. The molecular weight excluding hydrogens is 238 g/mol. The molecular formula is C10H17N5O3. The summed E-state index contributed by atoms with van der Waals surface area (Å²) in [6.07, 6.45) is 4.30. The van der Waals surface area contributed by atoms with Crippen LogP contribution in [0.4, 0.5) is 9.59 Å². The molecule has 0 radical (unpaired) electrons. The van der Waals surface area contributed by atoms with Gasteiger partial charge in [-0.3, -0.25) is 10.1 Å². The molecule has 0 aliphatic carbocycles. The van der Waals surface area contributed by atoms with Gasteiger partial charge in [0, 0.05) is 0 Å². The van der Waals surface area contributed by atoms with E-state index >= 15 is 0 Å². The van der Waals surface area contributed by atoms with Gasteiger partial charge in [0.25, 0.3) is 5.91 Å². The third-order valence-corrected chi connectivity index (χ3v) is 2.60. The summed E-state index contributed by atoms with van der Waals surface area (Å²) >= 11 is 0. The minimum atomic E-state index is -1.20. The predicted molar refractivity (Wildman–Crippen MR) is 64.8 cm³/mol. The number of hydrogen-bond donors (Lipinski definition) is 4. The lowest BCUT2D eigenvalue weighted by molar-refractivity contribution is -0.121. The second-order valence-corrected chi connectivity index (χ2v) is 4.07. The first-order valence-electron chi connectivity index (χ1n) is 5.73. The van der Waals surface area contributed by atoms with Crippen LogP contribution in [0.3, 0.4) is 0 Å². The number of imide groups is 1. The Balaban J connectivity index is 2.74. The standard InChI is InChI=1S/C10H17N5O3/c1-2-3-4-5-10(6-12-15-8(11)17)7(16)13-9(18)14-10/h6H,2-5H2,1H3,(H3,11,15,17)(H2,13,14,16,18)/b12-6+/t10-/m1/s1. The quantitative estimate of drug-likeness (QED) is 0.227. The van der Waals surface area contributed by atoms with Crippen molar-refractivity contribution in [2.45, 2.75) is 38.1 Å². The normalized spacial score (nSPS) is 22.9.